The second kappa shape index (κ2) is 6.41. The van der Waals surface area contributed by atoms with Crippen LogP contribution >= 0.6 is 11.3 Å². The molecule has 0 spiro atoms. The minimum absolute atomic E-state index is 0.0337. The van der Waals surface area contributed by atoms with Crippen molar-refractivity contribution in [3.63, 3.8) is 0 Å². The molecule has 1 aromatic heterocycles. The van der Waals surface area contributed by atoms with Gasteiger partial charge in [-0.05, 0) is 19.1 Å². The molecule has 2 rings (SSSR count). The van der Waals surface area contributed by atoms with Crippen molar-refractivity contribution in [2.45, 2.75) is 30.6 Å². The molecule has 0 saturated heterocycles. The summed E-state index contributed by atoms with van der Waals surface area (Å²) in [7, 11) is -4.33. The molecule has 2 aromatic rings. The SMILES string of the molecule is Cc1nc(-c2ccc(S(=O)(=O)NCC(F)(F)C(C)(F)F)cc2)cs1. The van der Waals surface area contributed by atoms with Gasteiger partial charge in [0.15, 0.2) is 0 Å². The molecular formula is C14H14F4N2O2S2. The Morgan fingerprint density at radius 1 is 1.17 bits per heavy atom. The number of nitrogens with one attached hydrogen (secondary N) is 1. The van der Waals surface area contributed by atoms with Crippen molar-refractivity contribution in [2.75, 3.05) is 6.54 Å². The van der Waals surface area contributed by atoms with Crippen LogP contribution in [0, 0.1) is 6.92 Å². The Kier molecular flexibility index (Phi) is 5.03. The van der Waals surface area contributed by atoms with Gasteiger partial charge in [-0.15, -0.1) is 11.3 Å². The van der Waals surface area contributed by atoms with E-state index in [9.17, 15) is 26.0 Å². The Balaban J connectivity index is 2.15. The quantitative estimate of drug-likeness (QED) is 0.776. The Morgan fingerprint density at radius 2 is 1.75 bits per heavy atom. The molecule has 1 heterocycles. The van der Waals surface area contributed by atoms with Crippen molar-refractivity contribution < 1.29 is 26.0 Å². The Morgan fingerprint density at radius 3 is 2.21 bits per heavy atom. The van der Waals surface area contributed by atoms with E-state index in [4.69, 9.17) is 0 Å². The number of sulfonamides is 1. The number of nitrogens with zero attached hydrogens (tertiary/aromatic N) is 1. The second-order valence-electron chi connectivity index (χ2n) is 5.19. The standard InChI is InChI=1S/C14H14F4N2O2S2/c1-9-20-12(7-23-9)10-3-5-11(6-4-10)24(21,22)19-8-14(17,18)13(2,15)16/h3-7,19H,8H2,1-2H3. The third-order valence-electron chi connectivity index (χ3n) is 3.21. The van der Waals surface area contributed by atoms with Crippen molar-refractivity contribution >= 4 is 21.4 Å². The molecule has 0 aliphatic carbocycles. The molecule has 24 heavy (non-hydrogen) atoms. The van der Waals surface area contributed by atoms with Gasteiger partial charge < -0.3 is 0 Å². The number of rotatable bonds is 6. The summed E-state index contributed by atoms with van der Waals surface area (Å²) in [4.78, 5) is 3.94. The number of halogens is 4. The predicted octanol–water partition coefficient (Wildman–Crippen LogP) is 3.69. The third kappa shape index (κ3) is 4.11. The highest BCUT2D eigenvalue weighted by atomic mass is 32.2. The summed E-state index contributed by atoms with van der Waals surface area (Å²) in [5, 5.41) is 2.63. The molecule has 10 heteroatoms. The average molecular weight is 382 g/mol. The zero-order valence-corrected chi connectivity index (χ0v) is 14.3. The lowest BCUT2D eigenvalue weighted by Crippen LogP contribution is -2.47. The lowest BCUT2D eigenvalue weighted by atomic mass is 10.2. The fourth-order valence-corrected chi connectivity index (χ4v) is 3.38. The average Bonchev–Trinajstić information content (AvgIpc) is 2.91. The van der Waals surface area contributed by atoms with Crippen molar-refractivity contribution in [1.29, 1.82) is 0 Å². The molecule has 4 nitrogen and oxygen atoms in total. The maximum atomic E-state index is 13.2. The molecule has 0 aliphatic heterocycles. The van der Waals surface area contributed by atoms with Crippen LogP contribution in [0.1, 0.15) is 11.9 Å². The van der Waals surface area contributed by atoms with Crippen molar-refractivity contribution in [3.05, 3.63) is 34.7 Å². The number of hydrogen-bond acceptors (Lipinski definition) is 4. The normalized spacial score (nSPS) is 13.2. The molecule has 0 fully saturated rings. The minimum Gasteiger partial charge on any atom is -0.242 e. The van der Waals surface area contributed by atoms with Gasteiger partial charge in [0.25, 0.3) is 0 Å². The zero-order valence-electron chi connectivity index (χ0n) is 12.7. The van der Waals surface area contributed by atoms with E-state index in [2.05, 4.69) is 4.98 Å². The van der Waals surface area contributed by atoms with Gasteiger partial charge in [-0.25, -0.2) is 26.9 Å². The molecule has 0 aliphatic rings. The lowest BCUT2D eigenvalue weighted by Gasteiger charge is -2.23. The van der Waals surface area contributed by atoms with Crippen LogP contribution in [-0.4, -0.2) is 31.8 Å². The molecule has 1 N–H and O–H groups in total. The summed E-state index contributed by atoms with van der Waals surface area (Å²) < 4.78 is 77.2. The first-order chi connectivity index (χ1) is 10.9. The Labute approximate surface area is 140 Å². The number of aromatic nitrogens is 1. The van der Waals surface area contributed by atoms with Crippen LogP contribution in [0.15, 0.2) is 34.5 Å². The van der Waals surface area contributed by atoms with E-state index in [1.807, 2.05) is 6.92 Å². The van der Waals surface area contributed by atoms with E-state index in [0.717, 1.165) is 5.01 Å². The van der Waals surface area contributed by atoms with Crippen LogP contribution < -0.4 is 4.72 Å². The molecule has 0 unspecified atom stereocenters. The van der Waals surface area contributed by atoms with Crippen LogP contribution in [0.4, 0.5) is 17.6 Å². The van der Waals surface area contributed by atoms with Gasteiger partial charge in [0.1, 0.15) is 0 Å². The monoisotopic (exact) mass is 382 g/mol. The minimum atomic E-state index is -4.49. The van der Waals surface area contributed by atoms with E-state index in [1.165, 1.54) is 40.3 Å². The third-order valence-corrected chi connectivity index (χ3v) is 5.40. The van der Waals surface area contributed by atoms with Crippen LogP contribution in [-0.2, 0) is 10.0 Å². The highest BCUT2D eigenvalue weighted by Crippen LogP contribution is 2.33. The molecular weight excluding hydrogens is 368 g/mol. The van der Waals surface area contributed by atoms with Gasteiger partial charge in [-0.3, -0.25) is 0 Å². The van der Waals surface area contributed by atoms with Crippen LogP contribution in [0.25, 0.3) is 11.3 Å². The Bertz CT molecular complexity index is 812. The highest BCUT2D eigenvalue weighted by molar-refractivity contribution is 7.89. The summed E-state index contributed by atoms with van der Waals surface area (Å²) in [5.74, 6) is -8.82. The zero-order chi connectivity index (χ0) is 18.2. The van der Waals surface area contributed by atoms with E-state index < -0.39 is 28.4 Å². The van der Waals surface area contributed by atoms with Gasteiger partial charge in [0.05, 0.1) is 22.1 Å². The number of hydrogen-bond donors (Lipinski definition) is 1. The molecule has 0 saturated carbocycles. The Hall–Kier alpha value is -1.52. The van der Waals surface area contributed by atoms with E-state index >= 15 is 0 Å². The summed E-state index contributed by atoms with van der Waals surface area (Å²) in [6.07, 6.45) is 0. The number of benzene rings is 1. The number of aryl methyl sites for hydroxylation is 1. The predicted molar refractivity (Wildman–Crippen MR) is 83.0 cm³/mol. The van der Waals surface area contributed by atoms with E-state index in [1.54, 1.807) is 5.38 Å². The summed E-state index contributed by atoms with van der Waals surface area (Å²) in [6.45, 7) is 0.165. The topological polar surface area (TPSA) is 59.1 Å². The maximum Gasteiger partial charge on any atom is 0.323 e. The molecule has 0 bridgehead atoms. The van der Waals surface area contributed by atoms with Crippen LogP contribution in [0.2, 0.25) is 0 Å². The van der Waals surface area contributed by atoms with Crippen LogP contribution in [0.3, 0.4) is 0 Å². The van der Waals surface area contributed by atoms with Gasteiger partial charge in [0.2, 0.25) is 10.0 Å². The maximum absolute atomic E-state index is 13.2. The highest BCUT2D eigenvalue weighted by Gasteiger charge is 2.52. The summed E-state index contributed by atoms with van der Waals surface area (Å²) in [5.41, 5.74) is 1.32. The first-order valence-corrected chi connectivity index (χ1v) is 9.06. The number of alkyl halides is 4. The first kappa shape index (κ1) is 18.8. The van der Waals surface area contributed by atoms with Gasteiger partial charge >= 0.3 is 11.8 Å². The van der Waals surface area contributed by atoms with Crippen molar-refractivity contribution in [1.82, 2.24) is 9.71 Å². The molecule has 0 radical (unpaired) electrons. The summed E-state index contributed by atoms with van der Waals surface area (Å²) in [6, 6.07) is 5.34. The first-order valence-electron chi connectivity index (χ1n) is 6.70. The van der Waals surface area contributed by atoms with E-state index in [0.29, 0.717) is 11.3 Å². The fourth-order valence-electron chi connectivity index (χ4n) is 1.73. The van der Waals surface area contributed by atoms with Gasteiger partial charge in [-0.1, -0.05) is 12.1 Å². The molecule has 132 valence electrons. The van der Waals surface area contributed by atoms with E-state index in [-0.39, 0.29) is 11.8 Å². The smallest absolute Gasteiger partial charge is 0.242 e. The van der Waals surface area contributed by atoms with Crippen molar-refractivity contribution in [2.24, 2.45) is 0 Å². The fraction of sp³-hybridized carbons (Fsp3) is 0.357. The van der Waals surface area contributed by atoms with Gasteiger partial charge in [0, 0.05) is 17.9 Å². The van der Waals surface area contributed by atoms with Gasteiger partial charge in [-0.2, -0.15) is 8.78 Å². The van der Waals surface area contributed by atoms with Crippen molar-refractivity contribution in [3.8, 4) is 11.3 Å². The molecule has 0 atom stereocenters. The summed E-state index contributed by atoms with van der Waals surface area (Å²) >= 11 is 1.43. The second-order valence-corrected chi connectivity index (χ2v) is 8.02. The number of thiazole rings is 1. The van der Waals surface area contributed by atoms with Crippen LogP contribution in [0.5, 0.6) is 0 Å². The molecule has 0 amide bonds. The lowest BCUT2D eigenvalue weighted by molar-refractivity contribution is -0.192. The molecule has 1 aromatic carbocycles. The largest absolute Gasteiger partial charge is 0.323 e.